The SMILES string of the molecule is COC(=O)[C@@]12CC=C[C@@H]1[C@H](C)CC2. The van der Waals surface area contributed by atoms with E-state index in [0.717, 1.165) is 19.3 Å². The van der Waals surface area contributed by atoms with E-state index in [-0.39, 0.29) is 11.4 Å². The molecule has 2 nitrogen and oxygen atoms in total. The summed E-state index contributed by atoms with van der Waals surface area (Å²) in [4.78, 5) is 11.7. The van der Waals surface area contributed by atoms with Gasteiger partial charge in [0.25, 0.3) is 0 Å². The average Bonchev–Trinajstić information content (AvgIpc) is 2.67. The molecule has 0 saturated heterocycles. The molecule has 2 rings (SSSR count). The molecule has 2 heteroatoms. The molecule has 0 aromatic rings. The highest BCUT2D eigenvalue weighted by molar-refractivity contribution is 5.79. The van der Waals surface area contributed by atoms with Gasteiger partial charge >= 0.3 is 5.97 Å². The van der Waals surface area contributed by atoms with Crippen LogP contribution < -0.4 is 0 Å². The quantitative estimate of drug-likeness (QED) is 0.456. The molecule has 0 radical (unpaired) electrons. The Hall–Kier alpha value is -0.790. The van der Waals surface area contributed by atoms with Gasteiger partial charge in [-0.25, -0.2) is 0 Å². The van der Waals surface area contributed by atoms with Crippen molar-refractivity contribution in [2.45, 2.75) is 26.2 Å². The summed E-state index contributed by atoms with van der Waals surface area (Å²) in [6.07, 6.45) is 7.38. The van der Waals surface area contributed by atoms with Crippen molar-refractivity contribution in [3.8, 4) is 0 Å². The molecule has 0 aromatic heterocycles. The Morgan fingerprint density at radius 3 is 3.08 bits per heavy atom. The number of hydrogen-bond donors (Lipinski definition) is 0. The largest absolute Gasteiger partial charge is 0.469 e. The van der Waals surface area contributed by atoms with Crippen molar-refractivity contribution < 1.29 is 9.53 Å². The maximum atomic E-state index is 11.7. The number of methoxy groups -OCH3 is 1. The molecule has 0 N–H and O–H groups in total. The van der Waals surface area contributed by atoms with E-state index in [1.807, 2.05) is 0 Å². The number of ether oxygens (including phenoxy) is 1. The van der Waals surface area contributed by atoms with E-state index in [0.29, 0.717) is 11.8 Å². The van der Waals surface area contributed by atoms with Crippen LogP contribution in [0.25, 0.3) is 0 Å². The predicted molar refractivity (Wildman–Crippen MR) is 50.1 cm³/mol. The van der Waals surface area contributed by atoms with Crippen LogP contribution in [0.1, 0.15) is 26.2 Å². The van der Waals surface area contributed by atoms with Crippen LogP contribution in [-0.4, -0.2) is 13.1 Å². The highest BCUT2D eigenvalue weighted by Crippen LogP contribution is 2.54. The van der Waals surface area contributed by atoms with Crippen LogP contribution in [0.2, 0.25) is 0 Å². The fraction of sp³-hybridized carbons (Fsp3) is 0.727. The van der Waals surface area contributed by atoms with E-state index in [2.05, 4.69) is 19.1 Å². The normalized spacial score (nSPS) is 42.0. The van der Waals surface area contributed by atoms with Gasteiger partial charge in [0, 0.05) is 0 Å². The Balaban J connectivity index is 2.28. The standard InChI is InChI=1S/C11H16O2/c1-8-5-7-11(10(12)13-2)6-3-4-9(8)11/h3-4,8-9H,5-7H2,1-2H3/t8-,9-,11-/m1/s1. The van der Waals surface area contributed by atoms with Crippen LogP contribution in [-0.2, 0) is 9.53 Å². The highest BCUT2D eigenvalue weighted by atomic mass is 16.5. The van der Waals surface area contributed by atoms with Gasteiger partial charge in [0.2, 0.25) is 0 Å². The molecule has 0 amide bonds. The summed E-state index contributed by atoms with van der Waals surface area (Å²) < 4.78 is 4.91. The van der Waals surface area contributed by atoms with Gasteiger partial charge in [0.05, 0.1) is 12.5 Å². The van der Waals surface area contributed by atoms with Gasteiger partial charge in [-0.1, -0.05) is 19.1 Å². The Morgan fingerprint density at radius 1 is 1.62 bits per heavy atom. The second-order valence-electron chi connectivity index (χ2n) is 4.32. The van der Waals surface area contributed by atoms with E-state index < -0.39 is 0 Å². The molecule has 1 saturated carbocycles. The summed E-state index contributed by atoms with van der Waals surface area (Å²) in [6, 6.07) is 0. The molecule has 2 aliphatic carbocycles. The van der Waals surface area contributed by atoms with Crippen LogP contribution in [0.3, 0.4) is 0 Å². The Labute approximate surface area is 79.0 Å². The number of carbonyl (C=O) groups excluding carboxylic acids is 1. The van der Waals surface area contributed by atoms with Crippen LogP contribution >= 0.6 is 0 Å². The lowest BCUT2D eigenvalue weighted by molar-refractivity contribution is -0.153. The van der Waals surface area contributed by atoms with Crippen molar-refractivity contribution in [1.82, 2.24) is 0 Å². The zero-order valence-corrected chi connectivity index (χ0v) is 8.25. The molecular weight excluding hydrogens is 164 g/mol. The first-order valence-electron chi connectivity index (χ1n) is 4.96. The number of carbonyl (C=O) groups is 1. The van der Waals surface area contributed by atoms with Crippen molar-refractivity contribution in [2.75, 3.05) is 7.11 Å². The molecular formula is C11H16O2. The first-order valence-corrected chi connectivity index (χ1v) is 4.96. The monoisotopic (exact) mass is 180 g/mol. The molecule has 1 fully saturated rings. The minimum Gasteiger partial charge on any atom is -0.469 e. The zero-order valence-electron chi connectivity index (χ0n) is 8.25. The summed E-state index contributed by atoms with van der Waals surface area (Å²) in [5.74, 6) is 1.06. The smallest absolute Gasteiger partial charge is 0.312 e. The van der Waals surface area contributed by atoms with Crippen molar-refractivity contribution in [1.29, 1.82) is 0 Å². The fourth-order valence-electron chi connectivity index (χ4n) is 2.94. The second kappa shape index (κ2) is 2.86. The molecule has 0 aliphatic heterocycles. The summed E-state index contributed by atoms with van der Waals surface area (Å²) in [6.45, 7) is 2.23. The van der Waals surface area contributed by atoms with Crippen molar-refractivity contribution in [2.24, 2.45) is 17.3 Å². The van der Waals surface area contributed by atoms with Gasteiger partial charge in [-0.2, -0.15) is 0 Å². The van der Waals surface area contributed by atoms with E-state index in [1.165, 1.54) is 7.11 Å². The van der Waals surface area contributed by atoms with Crippen LogP contribution in [0.15, 0.2) is 12.2 Å². The second-order valence-corrected chi connectivity index (χ2v) is 4.32. The molecule has 0 aromatic carbocycles. The molecule has 72 valence electrons. The minimum atomic E-state index is -0.186. The lowest BCUT2D eigenvalue weighted by Crippen LogP contribution is -2.33. The minimum absolute atomic E-state index is 0.00755. The third-order valence-electron chi connectivity index (χ3n) is 3.71. The number of fused-ring (bicyclic) bond motifs is 1. The average molecular weight is 180 g/mol. The Morgan fingerprint density at radius 2 is 2.38 bits per heavy atom. The third-order valence-corrected chi connectivity index (χ3v) is 3.71. The number of rotatable bonds is 1. The molecule has 0 spiro atoms. The van der Waals surface area contributed by atoms with Crippen LogP contribution in [0, 0.1) is 17.3 Å². The summed E-state index contributed by atoms with van der Waals surface area (Å²) in [5, 5.41) is 0. The zero-order chi connectivity index (χ0) is 9.47. The lowest BCUT2D eigenvalue weighted by Gasteiger charge is -2.27. The van der Waals surface area contributed by atoms with Crippen molar-refractivity contribution in [3.63, 3.8) is 0 Å². The first kappa shape index (κ1) is 8.79. The lowest BCUT2D eigenvalue weighted by atomic mass is 9.78. The molecule has 0 heterocycles. The van der Waals surface area contributed by atoms with Gasteiger partial charge in [-0.3, -0.25) is 4.79 Å². The van der Waals surface area contributed by atoms with E-state index >= 15 is 0 Å². The molecule has 0 bridgehead atoms. The van der Waals surface area contributed by atoms with Gasteiger partial charge in [-0.15, -0.1) is 0 Å². The van der Waals surface area contributed by atoms with E-state index in [9.17, 15) is 4.79 Å². The first-order chi connectivity index (χ1) is 6.20. The molecule has 13 heavy (non-hydrogen) atoms. The molecule has 3 atom stereocenters. The predicted octanol–water partition coefficient (Wildman–Crippen LogP) is 2.15. The Kier molecular flexibility index (Phi) is 1.94. The summed E-state index contributed by atoms with van der Waals surface area (Å²) >= 11 is 0. The maximum absolute atomic E-state index is 11.7. The van der Waals surface area contributed by atoms with E-state index in [1.54, 1.807) is 0 Å². The summed E-state index contributed by atoms with van der Waals surface area (Å²) in [5.41, 5.74) is -0.186. The van der Waals surface area contributed by atoms with E-state index in [4.69, 9.17) is 4.74 Å². The van der Waals surface area contributed by atoms with Crippen molar-refractivity contribution in [3.05, 3.63) is 12.2 Å². The van der Waals surface area contributed by atoms with Crippen molar-refractivity contribution >= 4 is 5.97 Å². The van der Waals surface area contributed by atoms with Crippen LogP contribution in [0.4, 0.5) is 0 Å². The topological polar surface area (TPSA) is 26.3 Å². The number of allylic oxidation sites excluding steroid dienone is 2. The fourth-order valence-corrected chi connectivity index (χ4v) is 2.94. The molecule has 2 aliphatic rings. The molecule has 0 unspecified atom stereocenters. The highest BCUT2D eigenvalue weighted by Gasteiger charge is 2.53. The maximum Gasteiger partial charge on any atom is 0.312 e. The number of hydrogen-bond acceptors (Lipinski definition) is 2. The third kappa shape index (κ3) is 1.04. The van der Waals surface area contributed by atoms with Crippen LogP contribution in [0.5, 0.6) is 0 Å². The van der Waals surface area contributed by atoms with Gasteiger partial charge in [0.1, 0.15) is 0 Å². The van der Waals surface area contributed by atoms with Gasteiger partial charge in [0.15, 0.2) is 0 Å². The van der Waals surface area contributed by atoms with Gasteiger partial charge in [-0.05, 0) is 31.1 Å². The van der Waals surface area contributed by atoms with Gasteiger partial charge < -0.3 is 4.74 Å². The Bertz CT molecular complexity index is 257. The number of esters is 1. The summed E-state index contributed by atoms with van der Waals surface area (Å²) in [7, 11) is 1.50.